The predicted molar refractivity (Wildman–Crippen MR) is 69.0 cm³/mol. The lowest BCUT2D eigenvalue weighted by Gasteiger charge is -1.91. The molecule has 2 aromatic heterocycles. The quantitative estimate of drug-likeness (QED) is 0.481. The molecule has 0 radical (unpaired) electrons. The molecule has 4 rings (SSSR count). The van der Waals surface area contributed by atoms with Gasteiger partial charge in [-0.15, -0.1) is 11.3 Å². The molecule has 0 fully saturated rings. The lowest BCUT2D eigenvalue weighted by atomic mass is 10.1. The summed E-state index contributed by atoms with van der Waals surface area (Å²) in [6.45, 7) is 0. The Kier molecular flexibility index (Phi) is 1.47. The number of hydrogen-bond donors (Lipinski definition) is 1. The molecule has 2 aromatic carbocycles. The van der Waals surface area contributed by atoms with Crippen molar-refractivity contribution in [1.29, 1.82) is 0 Å². The minimum absolute atomic E-state index is 1.08. The molecule has 0 saturated heterocycles. The highest BCUT2D eigenvalue weighted by Crippen LogP contribution is 2.31. The molecule has 0 aliphatic carbocycles. The van der Waals surface area contributed by atoms with Crippen LogP contribution in [0, 0.1) is 0 Å². The lowest BCUT2D eigenvalue weighted by molar-refractivity contribution is 1.48. The van der Waals surface area contributed by atoms with Crippen molar-refractivity contribution >= 4 is 43.4 Å². The topological polar surface area (TPSA) is 28.7 Å². The molecule has 2 heterocycles. The summed E-state index contributed by atoms with van der Waals surface area (Å²) < 4.78 is 1.24. The average molecular weight is 224 g/mol. The van der Waals surface area contributed by atoms with Crippen LogP contribution in [0.2, 0.25) is 0 Å². The Balaban J connectivity index is 2.38. The van der Waals surface area contributed by atoms with Crippen LogP contribution in [0.25, 0.3) is 32.0 Å². The first-order chi connectivity index (χ1) is 7.93. The number of benzene rings is 2. The molecule has 1 N–H and O–H groups in total. The third-order valence-corrected chi connectivity index (χ3v) is 3.77. The number of H-pyrrole nitrogens is 1. The number of nitrogens with one attached hydrogen (secondary N) is 1. The van der Waals surface area contributed by atoms with E-state index in [9.17, 15) is 0 Å². The lowest BCUT2D eigenvalue weighted by Crippen LogP contribution is -1.71. The first-order valence-corrected chi connectivity index (χ1v) is 6.04. The molecule has 0 bridgehead atoms. The molecule has 0 saturated carbocycles. The van der Waals surface area contributed by atoms with Crippen LogP contribution in [0.5, 0.6) is 0 Å². The zero-order valence-corrected chi connectivity index (χ0v) is 9.21. The van der Waals surface area contributed by atoms with Gasteiger partial charge in [0, 0.05) is 16.3 Å². The van der Waals surface area contributed by atoms with E-state index in [1.165, 1.54) is 21.0 Å². The van der Waals surface area contributed by atoms with Crippen LogP contribution in [-0.4, -0.2) is 9.97 Å². The number of para-hydroxylation sites is 1. The molecule has 3 heteroatoms. The number of aromatic amines is 1. The van der Waals surface area contributed by atoms with Gasteiger partial charge >= 0.3 is 0 Å². The Bertz CT molecular complexity index is 810. The molecule has 16 heavy (non-hydrogen) atoms. The first-order valence-electron chi connectivity index (χ1n) is 5.16. The third kappa shape index (κ3) is 0.933. The maximum atomic E-state index is 4.43. The summed E-state index contributed by atoms with van der Waals surface area (Å²) in [7, 11) is 0. The summed E-state index contributed by atoms with van der Waals surface area (Å²) in [5.41, 5.74) is 5.31. The van der Waals surface area contributed by atoms with E-state index >= 15 is 0 Å². The van der Waals surface area contributed by atoms with Crippen molar-refractivity contribution in [3.8, 4) is 0 Å². The average Bonchev–Trinajstić information content (AvgIpc) is 2.92. The van der Waals surface area contributed by atoms with Gasteiger partial charge in [0.25, 0.3) is 0 Å². The smallest absolute Gasteiger partial charge is 0.105 e. The predicted octanol–water partition coefficient (Wildman–Crippen LogP) is 3.93. The van der Waals surface area contributed by atoms with E-state index in [1.54, 1.807) is 11.3 Å². The Morgan fingerprint density at radius 2 is 1.94 bits per heavy atom. The zero-order valence-electron chi connectivity index (χ0n) is 8.40. The molecular weight excluding hydrogens is 216 g/mol. The normalized spacial score (nSPS) is 11.8. The highest BCUT2D eigenvalue weighted by atomic mass is 32.1. The molecule has 0 spiro atoms. The molecule has 0 aliphatic heterocycles. The van der Waals surface area contributed by atoms with Gasteiger partial charge in [-0.1, -0.05) is 24.3 Å². The van der Waals surface area contributed by atoms with Crippen molar-refractivity contribution in [2.24, 2.45) is 0 Å². The molecule has 0 aliphatic rings. The van der Waals surface area contributed by atoms with Gasteiger partial charge in [-0.25, -0.2) is 4.98 Å². The Morgan fingerprint density at radius 3 is 2.94 bits per heavy atom. The number of thiazole rings is 1. The monoisotopic (exact) mass is 224 g/mol. The maximum absolute atomic E-state index is 4.43. The number of rotatable bonds is 0. The second kappa shape index (κ2) is 2.83. The third-order valence-electron chi connectivity index (χ3n) is 2.98. The van der Waals surface area contributed by atoms with Gasteiger partial charge in [-0.05, 0) is 12.1 Å². The van der Waals surface area contributed by atoms with E-state index in [0.29, 0.717) is 0 Å². The molecule has 0 unspecified atom stereocenters. The fourth-order valence-electron chi connectivity index (χ4n) is 2.24. The highest BCUT2D eigenvalue weighted by Gasteiger charge is 2.08. The van der Waals surface area contributed by atoms with E-state index < -0.39 is 0 Å². The van der Waals surface area contributed by atoms with Crippen LogP contribution in [0.15, 0.2) is 41.9 Å². The largest absolute Gasteiger partial charge is 0.353 e. The summed E-state index contributed by atoms with van der Waals surface area (Å²) in [4.78, 5) is 7.88. The van der Waals surface area contributed by atoms with Gasteiger partial charge in [0.2, 0.25) is 0 Å². The van der Waals surface area contributed by atoms with Gasteiger partial charge in [-0.2, -0.15) is 0 Å². The van der Waals surface area contributed by atoms with Crippen molar-refractivity contribution in [3.05, 3.63) is 41.9 Å². The first kappa shape index (κ1) is 8.30. The Labute approximate surface area is 95.5 Å². The number of fused-ring (bicyclic) bond motifs is 5. The van der Waals surface area contributed by atoms with Gasteiger partial charge in [0.05, 0.1) is 15.7 Å². The molecule has 76 valence electrons. The SMILES string of the molecule is c1ccc2c(c1)[nH]c1c2ccc2scnc21. The van der Waals surface area contributed by atoms with Crippen molar-refractivity contribution in [1.82, 2.24) is 9.97 Å². The number of nitrogens with zero attached hydrogens (tertiary/aromatic N) is 1. The van der Waals surface area contributed by atoms with Crippen molar-refractivity contribution in [3.63, 3.8) is 0 Å². The molecule has 0 amide bonds. The van der Waals surface area contributed by atoms with Gasteiger partial charge in [0.1, 0.15) is 5.52 Å². The van der Waals surface area contributed by atoms with E-state index in [0.717, 1.165) is 11.0 Å². The van der Waals surface area contributed by atoms with Crippen LogP contribution in [0.1, 0.15) is 0 Å². The molecular formula is C13H8N2S. The minimum atomic E-state index is 1.08. The van der Waals surface area contributed by atoms with Crippen LogP contribution in [0.4, 0.5) is 0 Å². The maximum Gasteiger partial charge on any atom is 0.105 e. The summed E-state index contributed by atoms with van der Waals surface area (Å²) in [6.07, 6.45) is 0. The number of aromatic nitrogens is 2. The molecule has 0 atom stereocenters. The van der Waals surface area contributed by atoms with Crippen molar-refractivity contribution in [2.75, 3.05) is 0 Å². The summed E-state index contributed by atoms with van der Waals surface area (Å²) in [5.74, 6) is 0. The van der Waals surface area contributed by atoms with Crippen molar-refractivity contribution in [2.45, 2.75) is 0 Å². The fraction of sp³-hybridized carbons (Fsp3) is 0. The highest BCUT2D eigenvalue weighted by molar-refractivity contribution is 7.16. The summed E-state index contributed by atoms with van der Waals surface area (Å²) in [5, 5.41) is 2.53. The number of hydrogen-bond acceptors (Lipinski definition) is 2. The second-order valence-electron chi connectivity index (χ2n) is 3.86. The van der Waals surface area contributed by atoms with Crippen molar-refractivity contribution < 1.29 is 0 Å². The van der Waals surface area contributed by atoms with Crippen LogP contribution < -0.4 is 0 Å². The molecule has 2 nitrogen and oxygen atoms in total. The van der Waals surface area contributed by atoms with Gasteiger partial charge in [-0.3, -0.25) is 0 Å². The van der Waals surface area contributed by atoms with E-state index in [1.807, 2.05) is 5.51 Å². The van der Waals surface area contributed by atoms with Gasteiger partial charge < -0.3 is 4.98 Å². The Morgan fingerprint density at radius 1 is 1.00 bits per heavy atom. The zero-order chi connectivity index (χ0) is 10.5. The van der Waals surface area contributed by atoms with Crippen LogP contribution in [0.3, 0.4) is 0 Å². The molecule has 4 aromatic rings. The standard InChI is InChI=1S/C13H8N2S/c1-2-4-10-8(3-1)9-5-6-11-13(12(9)15-10)14-7-16-11/h1-7,15H. The fourth-order valence-corrected chi connectivity index (χ4v) is 2.93. The van der Waals surface area contributed by atoms with E-state index in [4.69, 9.17) is 0 Å². The Hall–Kier alpha value is -1.87. The van der Waals surface area contributed by atoms with Crippen LogP contribution >= 0.6 is 11.3 Å². The minimum Gasteiger partial charge on any atom is -0.353 e. The second-order valence-corrected chi connectivity index (χ2v) is 4.74. The summed E-state index contributed by atoms with van der Waals surface area (Å²) >= 11 is 1.68. The van der Waals surface area contributed by atoms with Crippen LogP contribution in [-0.2, 0) is 0 Å². The van der Waals surface area contributed by atoms with E-state index in [2.05, 4.69) is 46.4 Å². The van der Waals surface area contributed by atoms with E-state index in [-0.39, 0.29) is 0 Å². The summed E-state index contributed by atoms with van der Waals surface area (Å²) in [6, 6.07) is 12.7. The van der Waals surface area contributed by atoms with Gasteiger partial charge in [0.15, 0.2) is 0 Å².